The van der Waals surface area contributed by atoms with Crippen LogP contribution in [0.1, 0.15) is 36.2 Å². The largest absolute Gasteiger partial charge is 0.406 e. The van der Waals surface area contributed by atoms with E-state index in [1.54, 1.807) is 24.5 Å². The Kier molecular flexibility index (Phi) is 3.40. The van der Waals surface area contributed by atoms with Crippen LogP contribution >= 0.6 is 22.9 Å². The maximum atomic E-state index is 5.82. The Morgan fingerprint density at radius 1 is 1.44 bits per heavy atom. The van der Waals surface area contributed by atoms with Gasteiger partial charge in [-0.15, -0.1) is 28.0 Å². The fraction of sp³-hybridized carbons (Fsp3) is 0.444. The van der Waals surface area contributed by atoms with Gasteiger partial charge in [-0.05, 0) is 13.8 Å². The number of nitrogens with zero attached hydrogens (tertiary/aromatic N) is 3. The number of nitrogens with one attached hydrogen (secondary N) is 1. The zero-order chi connectivity index (χ0) is 11.5. The number of aromatic nitrogens is 3. The van der Waals surface area contributed by atoms with Gasteiger partial charge in [-0.1, -0.05) is 5.10 Å². The van der Waals surface area contributed by atoms with E-state index >= 15 is 0 Å². The molecule has 0 radical (unpaired) electrons. The molecule has 86 valence electrons. The summed E-state index contributed by atoms with van der Waals surface area (Å²) in [7, 11) is 0. The van der Waals surface area contributed by atoms with E-state index in [0.29, 0.717) is 11.9 Å². The molecule has 0 amide bonds. The topological polar surface area (TPSA) is 63.8 Å². The Hall–Kier alpha value is -1.14. The van der Waals surface area contributed by atoms with E-state index in [4.69, 9.17) is 16.0 Å². The van der Waals surface area contributed by atoms with E-state index in [1.807, 2.05) is 12.3 Å². The second-order valence-corrected chi connectivity index (χ2v) is 4.88. The second kappa shape index (κ2) is 4.80. The average molecular weight is 259 g/mol. The number of thiazole rings is 1. The first-order chi connectivity index (χ1) is 7.66. The van der Waals surface area contributed by atoms with Crippen LogP contribution in [0.2, 0.25) is 0 Å². The lowest BCUT2D eigenvalue weighted by Crippen LogP contribution is -2.06. The van der Waals surface area contributed by atoms with Gasteiger partial charge in [-0.2, -0.15) is 0 Å². The van der Waals surface area contributed by atoms with Gasteiger partial charge in [0.1, 0.15) is 10.4 Å². The summed E-state index contributed by atoms with van der Waals surface area (Å²) < 4.78 is 5.33. The monoisotopic (exact) mass is 258 g/mol. The summed E-state index contributed by atoms with van der Waals surface area (Å²) in [5.41, 5.74) is 0. The van der Waals surface area contributed by atoms with Gasteiger partial charge < -0.3 is 9.73 Å². The molecule has 5 nitrogen and oxygen atoms in total. The third kappa shape index (κ3) is 2.51. The van der Waals surface area contributed by atoms with Gasteiger partial charge in [0.25, 0.3) is 0 Å². The molecule has 2 aromatic rings. The molecule has 16 heavy (non-hydrogen) atoms. The highest BCUT2D eigenvalue weighted by Gasteiger charge is 2.14. The fourth-order valence-electron chi connectivity index (χ4n) is 1.15. The molecular formula is C9H11ClN4OS. The van der Waals surface area contributed by atoms with E-state index in [-0.39, 0.29) is 11.4 Å². The molecule has 0 saturated heterocycles. The maximum Gasteiger partial charge on any atom is 0.316 e. The molecule has 2 unspecified atom stereocenters. The van der Waals surface area contributed by atoms with Crippen LogP contribution in [0.15, 0.2) is 16.0 Å². The van der Waals surface area contributed by atoms with Crippen molar-refractivity contribution in [1.82, 2.24) is 15.2 Å². The lowest BCUT2D eigenvalue weighted by atomic mass is 10.4. The molecule has 0 aromatic carbocycles. The van der Waals surface area contributed by atoms with Crippen LogP contribution in [0.25, 0.3) is 0 Å². The van der Waals surface area contributed by atoms with E-state index in [1.165, 1.54) is 0 Å². The number of hydrogen-bond donors (Lipinski definition) is 1. The van der Waals surface area contributed by atoms with Gasteiger partial charge >= 0.3 is 6.01 Å². The molecule has 0 aliphatic rings. The highest BCUT2D eigenvalue weighted by molar-refractivity contribution is 7.09. The van der Waals surface area contributed by atoms with Crippen molar-refractivity contribution >= 4 is 29.0 Å². The Labute approximate surface area is 102 Å². The summed E-state index contributed by atoms with van der Waals surface area (Å²) in [5.74, 6) is 0.413. The van der Waals surface area contributed by atoms with Crippen molar-refractivity contribution in [3.8, 4) is 0 Å². The molecule has 0 aliphatic heterocycles. The molecule has 2 atom stereocenters. The van der Waals surface area contributed by atoms with Crippen LogP contribution in [-0.4, -0.2) is 15.2 Å². The highest BCUT2D eigenvalue weighted by atomic mass is 35.5. The highest BCUT2D eigenvalue weighted by Crippen LogP contribution is 2.23. The number of alkyl halides is 1. The molecule has 0 aliphatic carbocycles. The third-order valence-electron chi connectivity index (χ3n) is 1.94. The summed E-state index contributed by atoms with van der Waals surface area (Å²) >= 11 is 7.39. The SMILES string of the molecule is CC(Cl)c1nnc(NC(C)c2nccs2)o1. The zero-order valence-corrected chi connectivity index (χ0v) is 10.4. The van der Waals surface area contributed by atoms with Crippen molar-refractivity contribution in [2.75, 3.05) is 5.32 Å². The van der Waals surface area contributed by atoms with Gasteiger partial charge in [-0.25, -0.2) is 4.98 Å². The minimum atomic E-state index is -0.279. The average Bonchev–Trinajstić information content (AvgIpc) is 2.87. The van der Waals surface area contributed by atoms with Gasteiger partial charge in [0.15, 0.2) is 0 Å². The molecule has 0 saturated carbocycles. The van der Waals surface area contributed by atoms with Crippen LogP contribution in [0.5, 0.6) is 0 Å². The standard InChI is InChI=1S/C9H11ClN4OS/c1-5(10)7-13-14-9(15-7)12-6(2)8-11-3-4-16-8/h3-6H,1-2H3,(H,12,14). The van der Waals surface area contributed by atoms with Crippen molar-refractivity contribution in [3.05, 3.63) is 22.5 Å². The summed E-state index contributed by atoms with van der Waals surface area (Å²) in [6, 6.07) is 0.407. The predicted octanol–water partition coefficient (Wildman–Crippen LogP) is 3.00. The fourth-order valence-corrected chi connectivity index (χ4v) is 1.88. The zero-order valence-electron chi connectivity index (χ0n) is 8.85. The number of rotatable bonds is 4. The maximum absolute atomic E-state index is 5.82. The molecule has 0 bridgehead atoms. The predicted molar refractivity (Wildman–Crippen MR) is 62.7 cm³/mol. The summed E-state index contributed by atoms with van der Waals surface area (Å²) in [4.78, 5) is 4.19. The Bertz CT molecular complexity index is 442. The number of halogens is 1. The Morgan fingerprint density at radius 2 is 2.25 bits per heavy atom. The summed E-state index contributed by atoms with van der Waals surface area (Å²) in [6.45, 7) is 3.76. The first-order valence-electron chi connectivity index (χ1n) is 4.80. The van der Waals surface area contributed by atoms with Crippen molar-refractivity contribution < 1.29 is 4.42 Å². The van der Waals surface area contributed by atoms with Gasteiger partial charge in [0.2, 0.25) is 5.89 Å². The van der Waals surface area contributed by atoms with Crippen molar-refractivity contribution in [2.24, 2.45) is 0 Å². The molecule has 2 heterocycles. The lowest BCUT2D eigenvalue weighted by molar-refractivity contribution is 0.501. The van der Waals surface area contributed by atoms with E-state index < -0.39 is 0 Å². The molecule has 2 aromatic heterocycles. The first kappa shape index (κ1) is 11.3. The second-order valence-electron chi connectivity index (χ2n) is 3.30. The minimum absolute atomic E-state index is 0.0407. The molecular weight excluding hydrogens is 248 g/mol. The lowest BCUT2D eigenvalue weighted by Gasteiger charge is -2.07. The number of anilines is 1. The first-order valence-corrected chi connectivity index (χ1v) is 6.12. The van der Waals surface area contributed by atoms with Crippen molar-refractivity contribution in [3.63, 3.8) is 0 Å². The van der Waals surface area contributed by atoms with E-state index in [2.05, 4.69) is 20.5 Å². The minimum Gasteiger partial charge on any atom is -0.406 e. The molecule has 7 heteroatoms. The third-order valence-corrected chi connectivity index (χ3v) is 3.09. The summed E-state index contributed by atoms with van der Waals surface area (Å²) in [6.07, 6.45) is 1.76. The van der Waals surface area contributed by atoms with E-state index in [0.717, 1.165) is 5.01 Å². The normalized spacial score (nSPS) is 14.7. The van der Waals surface area contributed by atoms with Crippen LogP contribution in [0.4, 0.5) is 6.01 Å². The molecule has 0 spiro atoms. The molecule has 1 N–H and O–H groups in total. The number of hydrogen-bond acceptors (Lipinski definition) is 6. The van der Waals surface area contributed by atoms with Crippen LogP contribution in [0.3, 0.4) is 0 Å². The van der Waals surface area contributed by atoms with Gasteiger partial charge in [0, 0.05) is 11.6 Å². The summed E-state index contributed by atoms with van der Waals surface area (Å²) in [5, 5.41) is 13.4. The smallest absolute Gasteiger partial charge is 0.316 e. The molecule has 2 rings (SSSR count). The van der Waals surface area contributed by atoms with Crippen LogP contribution in [-0.2, 0) is 0 Å². The van der Waals surface area contributed by atoms with Crippen molar-refractivity contribution in [2.45, 2.75) is 25.3 Å². The van der Waals surface area contributed by atoms with E-state index in [9.17, 15) is 0 Å². The Balaban J connectivity index is 2.03. The van der Waals surface area contributed by atoms with Gasteiger partial charge in [0.05, 0.1) is 6.04 Å². The van der Waals surface area contributed by atoms with Crippen molar-refractivity contribution in [1.29, 1.82) is 0 Å². The van der Waals surface area contributed by atoms with Crippen LogP contribution in [0, 0.1) is 0 Å². The Morgan fingerprint density at radius 3 is 2.81 bits per heavy atom. The molecule has 0 fully saturated rings. The van der Waals surface area contributed by atoms with Crippen LogP contribution < -0.4 is 5.32 Å². The van der Waals surface area contributed by atoms with Gasteiger partial charge in [-0.3, -0.25) is 0 Å². The quantitative estimate of drug-likeness (QED) is 0.854.